The molecule has 0 unspecified atom stereocenters. The topological polar surface area (TPSA) is 101 Å². The highest BCUT2D eigenvalue weighted by molar-refractivity contribution is 8.01. The number of carbonyl (C=O) groups is 1. The standard InChI is InChI=1S/C9H9N5O2S2/c15-7(16)4-17-9-14-13-8(18-9)11-3-6-1-2-10-5-12-6/h1-2,5H,3-4H2,(H,11,13)(H,15,16). The summed E-state index contributed by atoms with van der Waals surface area (Å²) in [5, 5.41) is 20.0. The maximum absolute atomic E-state index is 10.4. The van der Waals surface area contributed by atoms with Crippen LogP contribution in [0.5, 0.6) is 0 Å². The minimum Gasteiger partial charge on any atom is -0.481 e. The lowest BCUT2D eigenvalue weighted by Crippen LogP contribution is -2.00. The van der Waals surface area contributed by atoms with Crippen molar-refractivity contribution in [2.75, 3.05) is 11.1 Å². The molecule has 0 saturated carbocycles. The zero-order valence-electron chi connectivity index (χ0n) is 9.11. The monoisotopic (exact) mass is 283 g/mol. The molecule has 0 radical (unpaired) electrons. The van der Waals surface area contributed by atoms with Gasteiger partial charge in [0.25, 0.3) is 0 Å². The van der Waals surface area contributed by atoms with Crippen LogP contribution in [0.1, 0.15) is 5.69 Å². The molecule has 0 aromatic carbocycles. The highest BCUT2D eigenvalue weighted by Crippen LogP contribution is 2.25. The van der Waals surface area contributed by atoms with Crippen LogP contribution in [0.3, 0.4) is 0 Å². The Morgan fingerprint density at radius 3 is 3.11 bits per heavy atom. The molecule has 2 rings (SSSR count). The third-order valence-electron chi connectivity index (χ3n) is 1.79. The van der Waals surface area contributed by atoms with Gasteiger partial charge in [-0.3, -0.25) is 4.79 Å². The molecule has 9 heteroatoms. The molecule has 2 heterocycles. The quantitative estimate of drug-likeness (QED) is 0.760. The first kappa shape index (κ1) is 12.7. The minimum absolute atomic E-state index is 0.0133. The van der Waals surface area contributed by atoms with Gasteiger partial charge in [0.05, 0.1) is 18.0 Å². The average molecular weight is 283 g/mol. The van der Waals surface area contributed by atoms with E-state index in [0.29, 0.717) is 16.0 Å². The van der Waals surface area contributed by atoms with Gasteiger partial charge in [0.2, 0.25) is 5.13 Å². The SMILES string of the molecule is O=C(O)CSc1nnc(NCc2ccncn2)s1. The molecule has 0 aliphatic heterocycles. The van der Waals surface area contributed by atoms with Crippen molar-refractivity contribution in [3.05, 3.63) is 24.3 Å². The molecular formula is C9H9N5O2S2. The summed E-state index contributed by atoms with van der Waals surface area (Å²) in [5.74, 6) is -0.883. The summed E-state index contributed by atoms with van der Waals surface area (Å²) >= 11 is 2.47. The number of thioether (sulfide) groups is 1. The Bertz CT molecular complexity index is 519. The summed E-state index contributed by atoms with van der Waals surface area (Å²) in [7, 11) is 0. The predicted molar refractivity (Wildman–Crippen MR) is 67.6 cm³/mol. The Hall–Kier alpha value is -1.74. The summed E-state index contributed by atoms with van der Waals surface area (Å²) in [6.07, 6.45) is 3.14. The lowest BCUT2D eigenvalue weighted by Gasteiger charge is -1.99. The second-order valence-electron chi connectivity index (χ2n) is 3.11. The van der Waals surface area contributed by atoms with Crippen LogP contribution < -0.4 is 5.32 Å². The van der Waals surface area contributed by atoms with Crippen molar-refractivity contribution in [2.24, 2.45) is 0 Å². The van der Waals surface area contributed by atoms with Gasteiger partial charge in [0.15, 0.2) is 4.34 Å². The van der Waals surface area contributed by atoms with Crippen LogP contribution in [-0.4, -0.2) is 37.0 Å². The van der Waals surface area contributed by atoms with E-state index >= 15 is 0 Å². The number of aliphatic carboxylic acids is 1. The van der Waals surface area contributed by atoms with E-state index in [2.05, 4.69) is 25.5 Å². The molecular weight excluding hydrogens is 274 g/mol. The molecule has 0 saturated heterocycles. The summed E-state index contributed by atoms with van der Waals surface area (Å²) in [6, 6.07) is 1.80. The third kappa shape index (κ3) is 3.93. The van der Waals surface area contributed by atoms with Crippen LogP contribution in [0.2, 0.25) is 0 Å². The summed E-state index contributed by atoms with van der Waals surface area (Å²) in [4.78, 5) is 18.3. The number of carboxylic acid groups (broad SMARTS) is 1. The van der Waals surface area contributed by atoms with Crippen LogP contribution in [0.15, 0.2) is 22.9 Å². The molecule has 0 spiro atoms. The van der Waals surface area contributed by atoms with Crippen LogP contribution in [0.4, 0.5) is 5.13 Å². The molecule has 0 bridgehead atoms. The van der Waals surface area contributed by atoms with Gasteiger partial charge < -0.3 is 10.4 Å². The molecule has 7 nitrogen and oxygen atoms in total. The van der Waals surface area contributed by atoms with E-state index in [4.69, 9.17) is 5.11 Å². The van der Waals surface area contributed by atoms with E-state index in [1.807, 2.05) is 0 Å². The first-order valence-electron chi connectivity index (χ1n) is 4.91. The van der Waals surface area contributed by atoms with Crippen LogP contribution >= 0.6 is 23.1 Å². The molecule has 0 fully saturated rings. The molecule has 94 valence electrons. The van der Waals surface area contributed by atoms with Gasteiger partial charge in [0, 0.05) is 6.20 Å². The number of hydrogen-bond donors (Lipinski definition) is 2. The number of carboxylic acids is 1. The largest absolute Gasteiger partial charge is 0.481 e. The average Bonchev–Trinajstić information content (AvgIpc) is 2.83. The van der Waals surface area contributed by atoms with Crippen molar-refractivity contribution in [1.29, 1.82) is 0 Å². The van der Waals surface area contributed by atoms with Crippen molar-refractivity contribution in [2.45, 2.75) is 10.9 Å². The molecule has 18 heavy (non-hydrogen) atoms. The maximum atomic E-state index is 10.4. The van der Waals surface area contributed by atoms with Crippen molar-refractivity contribution < 1.29 is 9.90 Å². The molecule has 0 atom stereocenters. The number of rotatable bonds is 6. The number of hydrogen-bond acceptors (Lipinski definition) is 8. The van der Waals surface area contributed by atoms with Gasteiger partial charge in [0.1, 0.15) is 6.33 Å². The fraction of sp³-hybridized carbons (Fsp3) is 0.222. The Morgan fingerprint density at radius 2 is 2.39 bits per heavy atom. The zero-order valence-corrected chi connectivity index (χ0v) is 10.7. The lowest BCUT2D eigenvalue weighted by atomic mass is 10.4. The smallest absolute Gasteiger partial charge is 0.313 e. The second-order valence-corrected chi connectivity index (χ2v) is 5.31. The van der Waals surface area contributed by atoms with Gasteiger partial charge in [-0.25, -0.2) is 9.97 Å². The molecule has 0 aliphatic carbocycles. The second kappa shape index (κ2) is 6.26. The summed E-state index contributed by atoms with van der Waals surface area (Å²) in [6.45, 7) is 0.529. The van der Waals surface area contributed by atoms with Crippen LogP contribution in [0, 0.1) is 0 Å². The van der Waals surface area contributed by atoms with Crippen molar-refractivity contribution >= 4 is 34.2 Å². The molecule has 2 aromatic heterocycles. The predicted octanol–water partition coefficient (Wildman–Crippen LogP) is 1.12. The molecule has 0 amide bonds. The first-order valence-corrected chi connectivity index (χ1v) is 6.71. The minimum atomic E-state index is -0.870. The van der Waals surface area contributed by atoms with E-state index < -0.39 is 5.97 Å². The van der Waals surface area contributed by atoms with Crippen molar-refractivity contribution in [3.63, 3.8) is 0 Å². The van der Waals surface area contributed by atoms with Crippen molar-refractivity contribution in [3.8, 4) is 0 Å². The maximum Gasteiger partial charge on any atom is 0.313 e. The fourth-order valence-corrected chi connectivity index (χ4v) is 2.52. The molecule has 2 aromatic rings. The summed E-state index contributed by atoms with van der Waals surface area (Å²) in [5.41, 5.74) is 0.847. The number of nitrogens with zero attached hydrogens (tertiary/aromatic N) is 4. The van der Waals surface area contributed by atoms with Gasteiger partial charge in [-0.05, 0) is 6.07 Å². The number of nitrogens with one attached hydrogen (secondary N) is 1. The summed E-state index contributed by atoms with van der Waals surface area (Å²) < 4.78 is 0.627. The highest BCUT2D eigenvalue weighted by Gasteiger charge is 2.06. The third-order valence-corrected chi connectivity index (χ3v) is 3.79. The lowest BCUT2D eigenvalue weighted by molar-refractivity contribution is -0.133. The van der Waals surface area contributed by atoms with Gasteiger partial charge in [-0.2, -0.15) is 0 Å². The Balaban J connectivity index is 1.85. The Morgan fingerprint density at radius 1 is 1.50 bits per heavy atom. The number of anilines is 1. The van der Waals surface area contributed by atoms with E-state index in [-0.39, 0.29) is 5.75 Å². The fourth-order valence-electron chi connectivity index (χ4n) is 1.05. The van der Waals surface area contributed by atoms with E-state index in [1.165, 1.54) is 17.7 Å². The van der Waals surface area contributed by atoms with Gasteiger partial charge >= 0.3 is 5.97 Å². The molecule has 2 N–H and O–H groups in total. The van der Waals surface area contributed by atoms with E-state index in [0.717, 1.165) is 17.5 Å². The Kier molecular flexibility index (Phi) is 4.42. The highest BCUT2D eigenvalue weighted by atomic mass is 32.2. The number of aromatic nitrogens is 4. The van der Waals surface area contributed by atoms with Crippen LogP contribution in [-0.2, 0) is 11.3 Å². The van der Waals surface area contributed by atoms with Gasteiger partial charge in [-0.1, -0.05) is 23.1 Å². The first-order chi connectivity index (χ1) is 8.74. The zero-order chi connectivity index (χ0) is 12.8. The van der Waals surface area contributed by atoms with Gasteiger partial charge in [-0.15, -0.1) is 10.2 Å². The molecule has 0 aliphatic rings. The Labute approximate surface area is 111 Å². The van der Waals surface area contributed by atoms with E-state index in [9.17, 15) is 4.79 Å². The van der Waals surface area contributed by atoms with E-state index in [1.54, 1.807) is 12.3 Å². The normalized spacial score (nSPS) is 10.2. The van der Waals surface area contributed by atoms with Crippen molar-refractivity contribution in [1.82, 2.24) is 20.2 Å². The van der Waals surface area contributed by atoms with Crippen LogP contribution in [0.25, 0.3) is 0 Å².